The zero-order valence-electron chi connectivity index (χ0n) is 11.0. The maximum Gasteiger partial charge on any atom is 0.165 e. The molecule has 5 heteroatoms. The quantitative estimate of drug-likeness (QED) is 0.864. The SMILES string of the molecule is CCn1cc(Oc2ccnc(CNC3CC3)c2)cn1. The highest BCUT2D eigenvalue weighted by molar-refractivity contribution is 5.28. The Bertz CT molecular complexity index is 548. The number of rotatable bonds is 6. The molecule has 0 aromatic carbocycles. The molecule has 1 saturated carbocycles. The van der Waals surface area contributed by atoms with Gasteiger partial charge in [0.05, 0.1) is 18.1 Å². The Labute approximate surface area is 112 Å². The first-order valence-corrected chi connectivity index (χ1v) is 6.72. The second-order valence-corrected chi connectivity index (χ2v) is 4.77. The largest absolute Gasteiger partial charge is 0.454 e. The minimum Gasteiger partial charge on any atom is -0.454 e. The van der Waals surface area contributed by atoms with Crippen LogP contribution in [0.15, 0.2) is 30.7 Å². The van der Waals surface area contributed by atoms with Gasteiger partial charge >= 0.3 is 0 Å². The summed E-state index contributed by atoms with van der Waals surface area (Å²) in [6.07, 6.45) is 7.97. The molecule has 5 nitrogen and oxygen atoms in total. The molecule has 2 heterocycles. The lowest BCUT2D eigenvalue weighted by Gasteiger charge is -2.06. The van der Waals surface area contributed by atoms with Crippen molar-refractivity contribution in [1.82, 2.24) is 20.1 Å². The number of pyridine rings is 1. The van der Waals surface area contributed by atoms with Gasteiger partial charge in [0, 0.05) is 31.4 Å². The van der Waals surface area contributed by atoms with Gasteiger partial charge in [-0.15, -0.1) is 0 Å². The zero-order chi connectivity index (χ0) is 13.1. The summed E-state index contributed by atoms with van der Waals surface area (Å²) in [5, 5.41) is 7.63. The molecule has 100 valence electrons. The molecule has 0 radical (unpaired) electrons. The van der Waals surface area contributed by atoms with Gasteiger partial charge in [-0.2, -0.15) is 5.10 Å². The highest BCUT2D eigenvalue weighted by atomic mass is 16.5. The van der Waals surface area contributed by atoms with Crippen LogP contribution in [0.5, 0.6) is 11.5 Å². The van der Waals surface area contributed by atoms with Gasteiger partial charge in [-0.05, 0) is 25.8 Å². The minimum absolute atomic E-state index is 0.689. The van der Waals surface area contributed by atoms with E-state index in [9.17, 15) is 0 Å². The summed E-state index contributed by atoms with van der Waals surface area (Å²) in [4.78, 5) is 4.34. The van der Waals surface area contributed by atoms with E-state index in [1.807, 2.05) is 29.9 Å². The fraction of sp³-hybridized carbons (Fsp3) is 0.429. The summed E-state index contributed by atoms with van der Waals surface area (Å²) in [6.45, 7) is 3.69. The lowest BCUT2D eigenvalue weighted by Crippen LogP contribution is -2.16. The molecule has 0 saturated heterocycles. The number of ether oxygens (including phenoxy) is 1. The summed E-state index contributed by atoms with van der Waals surface area (Å²) in [5.41, 5.74) is 1.01. The first-order valence-electron chi connectivity index (χ1n) is 6.72. The number of nitrogens with zero attached hydrogens (tertiary/aromatic N) is 3. The van der Waals surface area contributed by atoms with Gasteiger partial charge < -0.3 is 10.1 Å². The number of hydrogen-bond donors (Lipinski definition) is 1. The van der Waals surface area contributed by atoms with Crippen molar-refractivity contribution in [3.8, 4) is 11.5 Å². The van der Waals surface area contributed by atoms with Crippen LogP contribution in [0, 0.1) is 0 Å². The van der Waals surface area contributed by atoms with Gasteiger partial charge in [-0.3, -0.25) is 9.67 Å². The standard InChI is InChI=1S/C14H18N4O/c1-2-18-10-14(9-17-18)19-13-5-6-15-12(7-13)8-16-11-3-4-11/h5-7,9-11,16H,2-4,8H2,1H3. The Morgan fingerprint density at radius 3 is 3.05 bits per heavy atom. The van der Waals surface area contributed by atoms with E-state index in [1.54, 1.807) is 12.4 Å². The summed E-state index contributed by atoms with van der Waals surface area (Å²) in [5.74, 6) is 1.56. The van der Waals surface area contributed by atoms with Crippen LogP contribution in [-0.2, 0) is 13.1 Å². The molecule has 1 aliphatic rings. The fourth-order valence-corrected chi connectivity index (χ4v) is 1.86. The van der Waals surface area contributed by atoms with E-state index in [1.165, 1.54) is 12.8 Å². The third-order valence-electron chi connectivity index (χ3n) is 3.11. The lowest BCUT2D eigenvalue weighted by molar-refractivity contribution is 0.479. The van der Waals surface area contributed by atoms with Crippen LogP contribution in [0.3, 0.4) is 0 Å². The summed E-state index contributed by atoms with van der Waals surface area (Å²) in [6, 6.07) is 4.52. The van der Waals surface area contributed by atoms with Crippen molar-refractivity contribution in [2.24, 2.45) is 0 Å². The molecular weight excluding hydrogens is 240 g/mol. The highest BCUT2D eigenvalue weighted by Gasteiger charge is 2.20. The van der Waals surface area contributed by atoms with Crippen LogP contribution >= 0.6 is 0 Å². The Morgan fingerprint density at radius 1 is 1.42 bits per heavy atom. The third kappa shape index (κ3) is 3.32. The van der Waals surface area contributed by atoms with Gasteiger partial charge in [-0.1, -0.05) is 0 Å². The molecule has 0 amide bonds. The highest BCUT2D eigenvalue weighted by Crippen LogP contribution is 2.22. The summed E-state index contributed by atoms with van der Waals surface area (Å²) >= 11 is 0. The maximum atomic E-state index is 5.77. The van der Waals surface area contributed by atoms with Gasteiger partial charge in [-0.25, -0.2) is 0 Å². The Balaban J connectivity index is 1.64. The second kappa shape index (κ2) is 5.40. The van der Waals surface area contributed by atoms with E-state index in [-0.39, 0.29) is 0 Å². The molecule has 1 N–H and O–H groups in total. The molecular formula is C14H18N4O. The Kier molecular flexibility index (Phi) is 3.46. The van der Waals surface area contributed by atoms with Crippen molar-refractivity contribution >= 4 is 0 Å². The fourth-order valence-electron chi connectivity index (χ4n) is 1.86. The van der Waals surface area contributed by atoms with Crippen molar-refractivity contribution in [1.29, 1.82) is 0 Å². The van der Waals surface area contributed by atoms with Crippen molar-refractivity contribution in [2.45, 2.75) is 38.9 Å². The first kappa shape index (κ1) is 12.2. The van der Waals surface area contributed by atoms with Crippen molar-refractivity contribution < 1.29 is 4.74 Å². The number of aromatic nitrogens is 3. The Hall–Kier alpha value is -1.88. The van der Waals surface area contributed by atoms with Crippen LogP contribution < -0.4 is 10.1 Å². The molecule has 0 aliphatic heterocycles. The van der Waals surface area contributed by atoms with E-state index in [2.05, 4.69) is 15.4 Å². The van der Waals surface area contributed by atoms with Crippen molar-refractivity contribution in [2.75, 3.05) is 0 Å². The van der Waals surface area contributed by atoms with E-state index in [0.717, 1.165) is 30.3 Å². The predicted octanol–water partition coefficient (Wildman–Crippen LogP) is 2.34. The molecule has 0 spiro atoms. The third-order valence-corrected chi connectivity index (χ3v) is 3.11. The van der Waals surface area contributed by atoms with Crippen molar-refractivity contribution in [3.63, 3.8) is 0 Å². The van der Waals surface area contributed by atoms with E-state index < -0.39 is 0 Å². The van der Waals surface area contributed by atoms with E-state index in [4.69, 9.17) is 4.74 Å². The minimum atomic E-state index is 0.689. The molecule has 3 rings (SSSR count). The smallest absolute Gasteiger partial charge is 0.165 e. The summed E-state index contributed by atoms with van der Waals surface area (Å²) in [7, 11) is 0. The van der Waals surface area contributed by atoms with Gasteiger partial charge in [0.15, 0.2) is 5.75 Å². The Morgan fingerprint density at radius 2 is 2.32 bits per heavy atom. The summed E-state index contributed by atoms with van der Waals surface area (Å²) < 4.78 is 7.61. The molecule has 2 aromatic heterocycles. The average Bonchev–Trinajstić information content (AvgIpc) is 3.16. The lowest BCUT2D eigenvalue weighted by atomic mass is 10.3. The average molecular weight is 258 g/mol. The number of hydrogen-bond acceptors (Lipinski definition) is 4. The van der Waals surface area contributed by atoms with E-state index >= 15 is 0 Å². The molecule has 0 atom stereocenters. The predicted molar refractivity (Wildman–Crippen MR) is 72.1 cm³/mol. The monoisotopic (exact) mass is 258 g/mol. The number of nitrogens with one attached hydrogen (secondary N) is 1. The molecule has 1 aliphatic carbocycles. The molecule has 1 fully saturated rings. The van der Waals surface area contributed by atoms with Crippen molar-refractivity contribution in [3.05, 3.63) is 36.4 Å². The van der Waals surface area contributed by atoms with Gasteiger partial charge in [0.1, 0.15) is 5.75 Å². The van der Waals surface area contributed by atoms with E-state index in [0.29, 0.717) is 6.04 Å². The number of aryl methyl sites for hydroxylation is 1. The molecule has 2 aromatic rings. The first-order chi connectivity index (χ1) is 9.33. The second-order valence-electron chi connectivity index (χ2n) is 4.77. The maximum absolute atomic E-state index is 5.77. The van der Waals surface area contributed by atoms with Crippen LogP contribution in [0.1, 0.15) is 25.5 Å². The van der Waals surface area contributed by atoms with Crippen LogP contribution in [0.2, 0.25) is 0 Å². The van der Waals surface area contributed by atoms with Gasteiger partial charge in [0.2, 0.25) is 0 Å². The molecule has 0 bridgehead atoms. The molecule has 19 heavy (non-hydrogen) atoms. The molecule has 0 unspecified atom stereocenters. The van der Waals surface area contributed by atoms with Crippen LogP contribution in [0.25, 0.3) is 0 Å². The van der Waals surface area contributed by atoms with Crippen LogP contribution in [0.4, 0.5) is 0 Å². The van der Waals surface area contributed by atoms with Crippen LogP contribution in [-0.4, -0.2) is 20.8 Å². The topological polar surface area (TPSA) is 52.0 Å². The normalized spacial score (nSPS) is 14.6. The zero-order valence-corrected chi connectivity index (χ0v) is 11.0. The van der Waals surface area contributed by atoms with Gasteiger partial charge in [0.25, 0.3) is 0 Å².